The van der Waals surface area contributed by atoms with Crippen LogP contribution in [0.1, 0.15) is 6.92 Å². The number of rotatable bonds is 5. The van der Waals surface area contributed by atoms with Crippen molar-refractivity contribution in [1.29, 1.82) is 0 Å². The second kappa shape index (κ2) is 6.58. The van der Waals surface area contributed by atoms with E-state index in [4.69, 9.17) is 0 Å². The van der Waals surface area contributed by atoms with Crippen LogP contribution in [-0.4, -0.2) is 30.0 Å². The van der Waals surface area contributed by atoms with E-state index in [1.807, 2.05) is 0 Å². The van der Waals surface area contributed by atoms with Crippen molar-refractivity contribution in [2.24, 2.45) is 0 Å². The summed E-state index contributed by atoms with van der Waals surface area (Å²) in [6.07, 6.45) is 1.62. The lowest BCUT2D eigenvalue weighted by molar-refractivity contribution is -0.469. The van der Waals surface area contributed by atoms with Crippen molar-refractivity contribution >= 4 is 11.9 Å². The average Bonchev–Trinajstić information content (AvgIpc) is 2.02. The van der Waals surface area contributed by atoms with Crippen molar-refractivity contribution in [2.75, 3.05) is 13.2 Å². The first-order valence-electron chi connectivity index (χ1n) is 3.70. The largest absolute Gasteiger partial charge is 0.463 e. The summed E-state index contributed by atoms with van der Waals surface area (Å²) in [6, 6.07) is 0. The number of nitrogens with zero attached hydrogens (tertiary/aromatic N) is 1. The van der Waals surface area contributed by atoms with Crippen LogP contribution in [0.5, 0.6) is 0 Å². The highest BCUT2D eigenvalue weighted by Crippen LogP contribution is 1.85. The molecule has 0 heterocycles. The molecule has 0 spiro atoms. The summed E-state index contributed by atoms with van der Waals surface area (Å²) in [5, 5.41) is 9.80. The summed E-state index contributed by atoms with van der Waals surface area (Å²) < 4.78 is 8.66. The van der Waals surface area contributed by atoms with Crippen LogP contribution in [0.4, 0.5) is 0 Å². The van der Waals surface area contributed by atoms with E-state index in [9.17, 15) is 19.7 Å². The molecule has 7 nitrogen and oxygen atoms in total. The maximum atomic E-state index is 10.6. The van der Waals surface area contributed by atoms with Crippen molar-refractivity contribution in [3.8, 4) is 0 Å². The molecule has 0 N–H and O–H groups in total. The van der Waals surface area contributed by atoms with Crippen LogP contribution in [0.15, 0.2) is 12.3 Å². The Kier molecular flexibility index (Phi) is 5.68. The Labute approximate surface area is 79.4 Å². The van der Waals surface area contributed by atoms with Crippen molar-refractivity contribution in [1.82, 2.24) is 0 Å². The summed E-state index contributed by atoms with van der Waals surface area (Å²) in [5.41, 5.74) is 0. The molecule has 0 aliphatic heterocycles. The SMILES string of the molecule is CCOC(=O)C=COC(=O)C[N+](=O)[O-]. The maximum absolute atomic E-state index is 10.6. The van der Waals surface area contributed by atoms with Gasteiger partial charge in [-0.25, -0.2) is 9.59 Å². The molecule has 0 aromatic carbocycles. The monoisotopic (exact) mass is 203 g/mol. The van der Waals surface area contributed by atoms with Crippen molar-refractivity contribution in [2.45, 2.75) is 6.92 Å². The summed E-state index contributed by atoms with van der Waals surface area (Å²) in [6.45, 7) is 0.879. The van der Waals surface area contributed by atoms with Crippen LogP contribution < -0.4 is 0 Å². The van der Waals surface area contributed by atoms with E-state index in [1.165, 1.54) is 0 Å². The quantitative estimate of drug-likeness (QED) is 0.203. The molecule has 0 aromatic heterocycles. The average molecular weight is 203 g/mol. The van der Waals surface area contributed by atoms with Crippen LogP contribution >= 0.6 is 0 Å². The second-order valence-electron chi connectivity index (χ2n) is 2.04. The molecule has 0 saturated carbocycles. The molecule has 0 amide bonds. The van der Waals surface area contributed by atoms with E-state index in [1.54, 1.807) is 6.92 Å². The van der Waals surface area contributed by atoms with Gasteiger partial charge in [-0.3, -0.25) is 10.1 Å². The first kappa shape index (κ1) is 12.1. The molecular weight excluding hydrogens is 194 g/mol. The van der Waals surface area contributed by atoms with Gasteiger partial charge in [-0.15, -0.1) is 0 Å². The summed E-state index contributed by atoms with van der Waals surface area (Å²) in [4.78, 5) is 30.1. The van der Waals surface area contributed by atoms with Gasteiger partial charge in [0.25, 0.3) is 6.54 Å². The Morgan fingerprint density at radius 2 is 2.14 bits per heavy atom. The Balaban J connectivity index is 3.76. The molecule has 14 heavy (non-hydrogen) atoms. The molecule has 0 bridgehead atoms. The van der Waals surface area contributed by atoms with Crippen LogP contribution in [0.25, 0.3) is 0 Å². The van der Waals surface area contributed by atoms with Crippen molar-refractivity contribution in [3.63, 3.8) is 0 Å². The molecule has 0 aliphatic carbocycles. The molecule has 0 fully saturated rings. The first-order chi connectivity index (χ1) is 6.56. The highest BCUT2D eigenvalue weighted by Gasteiger charge is 2.08. The van der Waals surface area contributed by atoms with Gasteiger partial charge in [-0.05, 0) is 6.92 Å². The Hall–Kier alpha value is -1.92. The third kappa shape index (κ3) is 6.77. The molecule has 0 rings (SSSR count). The highest BCUT2D eigenvalue weighted by atomic mass is 16.6. The fourth-order valence-electron chi connectivity index (χ4n) is 0.499. The fraction of sp³-hybridized carbons (Fsp3) is 0.429. The molecular formula is C7H9NO6. The molecule has 0 atom stereocenters. The minimum atomic E-state index is -1.05. The number of nitro groups is 1. The van der Waals surface area contributed by atoms with E-state index < -0.39 is 23.4 Å². The standard InChI is InChI=1S/C7H9NO6/c1-2-13-6(9)3-4-14-7(10)5-8(11)12/h3-4H,2,5H2,1H3. The van der Waals surface area contributed by atoms with Gasteiger partial charge in [0, 0.05) is 4.92 Å². The number of hydrogen-bond acceptors (Lipinski definition) is 6. The van der Waals surface area contributed by atoms with Crippen LogP contribution in [0.3, 0.4) is 0 Å². The highest BCUT2D eigenvalue weighted by molar-refractivity contribution is 5.82. The number of carbonyl (C=O) groups is 2. The predicted octanol–water partition coefficient (Wildman–Crippen LogP) is -0.117. The Morgan fingerprint density at radius 1 is 1.50 bits per heavy atom. The molecule has 0 aromatic rings. The number of carbonyl (C=O) groups excluding carboxylic acids is 2. The fourth-order valence-corrected chi connectivity index (χ4v) is 0.499. The van der Waals surface area contributed by atoms with Gasteiger partial charge in [0.05, 0.1) is 12.7 Å². The van der Waals surface area contributed by atoms with Crippen molar-refractivity contribution in [3.05, 3.63) is 22.5 Å². The van der Waals surface area contributed by atoms with Gasteiger partial charge in [-0.2, -0.15) is 0 Å². The summed E-state index contributed by atoms with van der Waals surface area (Å²) in [5.74, 6) is -1.73. The number of hydrogen-bond donors (Lipinski definition) is 0. The lowest BCUT2D eigenvalue weighted by Gasteiger charge is -1.95. The van der Waals surface area contributed by atoms with E-state index >= 15 is 0 Å². The van der Waals surface area contributed by atoms with Gasteiger partial charge in [0.15, 0.2) is 0 Å². The van der Waals surface area contributed by atoms with Gasteiger partial charge in [0.1, 0.15) is 6.26 Å². The number of esters is 2. The lowest BCUT2D eigenvalue weighted by atomic mass is 10.6. The van der Waals surface area contributed by atoms with E-state index in [0.29, 0.717) is 0 Å². The molecule has 0 saturated heterocycles. The minimum Gasteiger partial charge on any atom is -0.463 e. The molecule has 0 aliphatic rings. The molecule has 0 unspecified atom stereocenters. The zero-order valence-corrected chi connectivity index (χ0v) is 7.47. The minimum absolute atomic E-state index is 0.200. The van der Waals surface area contributed by atoms with E-state index in [0.717, 1.165) is 12.3 Å². The lowest BCUT2D eigenvalue weighted by Crippen LogP contribution is -2.14. The van der Waals surface area contributed by atoms with Gasteiger partial charge >= 0.3 is 11.9 Å². The smallest absolute Gasteiger partial charge is 0.383 e. The molecule has 7 heteroatoms. The third-order valence-corrected chi connectivity index (χ3v) is 0.948. The summed E-state index contributed by atoms with van der Waals surface area (Å²) >= 11 is 0. The normalized spacial score (nSPS) is 9.79. The molecule has 0 radical (unpaired) electrons. The van der Waals surface area contributed by atoms with Crippen LogP contribution in [-0.2, 0) is 19.1 Å². The Bertz CT molecular complexity index is 259. The van der Waals surface area contributed by atoms with Gasteiger partial charge in [0.2, 0.25) is 0 Å². The molecule has 78 valence electrons. The first-order valence-corrected chi connectivity index (χ1v) is 3.70. The predicted molar refractivity (Wildman–Crippen MR) is 43.7 cm³/mol. The van der Waals surface area contributed by atoms with Crippen LogP contribution in [0.2, 0.25) is 0 Å². The second-order valence-corrected chi connectivity index (χ2v) is 2.04. The zero-order chi connectivity index (χ0) is 11.0. The van der Waals surface area contributed by atoms with E-state index in [-0.39, 0.29) is 6.61 Å². The third-order valence-electron chi connectivity index (χ3n) is 0.948. The van der Waals surface area contributed by atoms with Gasteiger partial charge < -0.3 is 9.47 Å². The van der Waals surface area contributed by atoms with Crippen LogP contribution in [0, 0.1) is 10.1 Å². The van der Waals surface area contributed by atoms with Gasteiger partial charge in [-0.1, -0.05) is 0 Å². The summed E-state index contributed by atoms with van der Waals surface area (Å²) in [7, 11) is 0. The maximum Gasteiger partial charge on any atom is 0.383 e. The Morgan fingerprint density at radius 3 is 2.64 bits per heavy atom. The topological polar surface area (TPSA) is 95.7 Å². The zero-order valence-electron chi connectivity index (χ0n) is 7.47. The number of ether oxygens (including phenoxy) is 2. The van der Waals surface area contributed by atoms with Crippen molar-refractivity contribution < 1.29 is 24.0 Å². The van der Waals surface area contributed by atoms with E-state index in [2.05, 4.69) is 9.47 Å².